The van der Waals surface area contributed by atoms with E-state index in [9.17, 15) is 9.59 Å². The summed E-state index contributed by atoms with van der Waals surface area (Å²) in [5.41, 5.74) is 8.73. The number of amides is 2. The first-order valence-electron chi connectivity index (χ1n) is 13.0. The lowest BCUT2D eigenvalue weighted by Crippen LogP contribution is -2.47. The second-order valence-electron chi connectivity index (χ2n) is 10.4. The lowest BCUT2D eigenvalue weighted by molar-refractivity contribution is 0.0664. The number of aromatic amines is 1. The van der Waals surface area contributed by atoms with Crippen LogP contribution >= 0.6 is 0 Å². The Morgan fingerprint density at radius 2 is 1.82 bits per heavy atom. The number of benzene rings is 3. The monoisotopic (exact) mass is 516 g/mol. The standard InChI is InChI=1S/C30H33FN4O3/c1-18(2)11-16-38-25-6-4-5-21(27(25)31)20-9-10-23(29(32)36)28-26(20)22-8-7-19(17-24(22)33-28)30(37)35-14-12-34(3)13-15-35/h4-10,17-18,33H,11-16H2,1-3H3,(H2,32,36). The molecule has 1 aliphatic rings. The predicted molar refractivity (Wildman–Crippen MR) is 148 cm³/mol. The second kappa shape index (κ2) is 10.5. The minimum Gasteiger partial charge on any atom is -0.490 e. The van der Waals surface area contributed by atoms with Crippen LogP contribution < -0.4 is 10.5 Å². The molecule has 198 valence electrons. The molecule has 0 bridgehead atoms. The maximum Gasteiger partial charge on any atom is 0.254 e. The van der Waals surface area contributed by atoms with Crippen LogP contribution in [0.15, 0.2) is 48.5 Å². The van der Waals surface area contributed by atoms with Crippen LogP contribution in [0.5, 0.6) is 5.75 Å². The summed E-state index contributed by atoms with van der Waals surface area (Å²) < 4.78 is 21.5. The normalized spacial score (nSPS) is 14.5. The zero-order valence-corrected chi connectivity index (χ0v) is 22.0. The molecule has 1 saturated heterocycles. The molecule has 1 aromatic heterocycles. The number of nitrogens with zero attached hydrogens (tertiary/aromatic N) is 2. The van der Waals surface area contributed by atoms with E-state index >= 15 is 4.39 Å². The third-order valence-corrected chi connectivity index (χ3v) is 7.26. The highest BCUT2D eigenvalue weighted by atomic mass is 19.1. The summed E-state index contributed by atoms with van der Waals surface area (Å²) in [5.74, 6) is -0.448. The van der Waals surface area contributed by atoms with E-state index in [4.69, 9.17) is 10.5 Å². The van der Waals surface area contributed by atoms with E-state index in [-0.39, 0.29) is 11.7 Å². The van der Waals surface area contributed by atoms with Crippen LogP contribution in [0.1, 0.15) is 41.0 Å². The Morgan fingerprint density at radius 1 is 1.05 bits per heavy atom. The van der Waals surface area contributed by atoms with E-state index in [1.807, 2.05) is 18.0 Å². The highest BCUT2D eigenvalue weighted by molar-refractivity contribution is 6.20. The fourth-order valence-electron chi connectivity index (χ4n) is 5.00. The van der Waals surface area contributed by atoms with Crippen LogP contribution in [0.4, 0.5) is 4.39 Å². The molecule has 2 heterocycles. The maximum atomic E-state index is 15.7. The van der Waals surface area contributed by atoms with Crippen molar-refractivity contribution in [3.63, 3.8) is 0 Å². The van der Waals surface area contributed by atoms with E-state index in [1.54, 1.807) is 42.5 Å². The zero-order valence-electron chi connectivity index (χ0n) is 22.0. The molecule has 0 spiro atoms. The Kier molecular flexibility index (Phi) is 7.08. The number of fused-ring (bicyclic) bond motifs is 3. The van der Waals surface area contributed by atoms with E-state index < -0.39 is 11.7 Å². The highest BCUT2D eigenvalue weighted by Gasteiger charge is 2.23. The third-order valence-electron chi connectivity index (χ3n) is 7.26. The minimum atomic E-state index is -0.590. The van der Waals surface area contributed by atoms with E-state index in [2.05, 4.69) is 23.7 Å². The van der Waals surface area contributed by atoms with Gasteiger partial charge in [0.2, 0.25) is 0 Å². The highest BCUT2D eigenvalue weighted by Crippen LogP contribution is 2.39. The number of nitrogens with two attached hydrogens (primary N) is 1. The number of hydrogen-bond donors (Lipinski definition) is 2. The van der Waals surface area contributed by atoms with Gasteiger partial charge in [0.25, 0.3) is 11.8 Å². The summed E-state index contributed by atoms with van der Waals surface area (Å²) in [5, 5.41) is 1.45. The van der Waals surface area contributed by atoms with Gasteiger partial charge in [0.05, 0.1) is 17.7 Å². The molecule has 1 fully saturated rings. The van der Waals surface area contributed by atoms with Crippen molar-refractivity contribution in [3.05, 3.63) is 65.5 Å². The van der Waals surface area contributed by atoms with Crippen LogP contribution in [0, 0.1) is 11.7 Å². The van der Waals surface area contributed by atoms with Gasteiger partial charge in [-0.05, 0) is 49.2 Å². The van der Waals surface area contributed by atoms with Crippen molar-refractivity contribution in [2.75, 3.05) is 39.8 Å². The molecule has 3 aromatic carbocycles. The molecule has 38 heavy (non-hydrogen) atoms. The maximum absolute atomic E-state index is 15.7. The van der Waals surface area contributed by atoms with Gasteiger partial charge < -0.3 is 25.3 Å². The van der Waals surface area contributed by atoms with E-state index in [1.165, 1.54) is 0 Å². The topological polar surface area (TPSA) is 91.7 Å². The molecule has 3 N–H and O–H groups in total. The SMILES string of the molecule is CC(C)CCOc1cccc(-c2ccc(C(N)=O)c3[nH]c4cc(C(=O)N5CCN(C)CC5)ccc4c23)c1F. The van der Waals surface area contributed by atoms with Crippen molar-refractivity contribution in [1.82, 2.24) is 14.8 Å². The van der Waals surface area contributed by atoms with Gasteiger partial charge in [-0.1, -0.05) is 38.1 Å². The lowest BCUT2D eigenvalue weighted by atomic mass is 9.96. The average molecular weight is 517 g/mol. The molecule has 7 nitrogen and oxygen atoms in total. The first-order valence-corrected chi connectivity index (χ1v) is 13.0. The van der Waals surface area contributed by atoms with Crippen LogP contribution in [-0.2, 0) is 0 Å². The quantitative estimate of drug-likeness (QED) is 0.360. The van der Waals surface area contributed by atoms with Gasteiger partial charge in [-0.3, -0.25) is 9.59 Å². The second-order valence-corrected chi connectivity index (χ2v) is 10.4. The summed E-state index contributed by atoms with van der Waals surface area (Å²) in [6.45, 7) is 7.61. The van der Waals surface area contributed by atoms with E-state index in [0.29, 0.717) is 64.3 Å². The molecular weight excluding hydrogens is 483 g/mol. The average Bonchev–Trinajstić information content (AvgIpc) is 3.28. The smallest absolute Gasteiger partial charge is 0.254 e. The number of nitrogens with one attached hydrogen (secondary N) is 1. The summed E-state index contributed by atoms with van der Waals surface area (Å²) in [6.07, 6.45) is 0.818. The fourth-order valence-corrected chi connectivity index (χ4v) is 5.00. The lowest BCUT2D eigenvalue weighted by Gasteiger charge is -2.32. The summed E-state index contributed by atoms with van der Waals surface area (Å²) >= 11 is 0. The number of H-pyrrole nitrogens is 1. The summed E-state index contributed by atoms with van der Waals surface area (Å²) in [6, 6.07) is 13.9. The number of carbonyl (C=O) groups excluding carboxylic acids is 2. The number of carbonyl (C=O) groups is 2. The van der Waals surface area contributed by atoms with Gasteiger partial charge in [0.1, 0.15) is 0 Å². The van der Waals surface area contributed by atoms with Gasteiger partial charge in [0.15, 0.2) is 11.6 Å². The van der Waals surface area contributed by atoms with Gasteiger partial charge >= 0.3 is 0 Å². The Morgan fingerprint density at radius 3 is 2.53 bits per heavy atom. The molecule has 1 aliphatic heterocycles. The van der Waals surface area contributed by atoms with Crippen LogP contribution in [0.2, 0.25) is 0 Å². The third kappa shape index (κ3) is 4.84. The number of likely N-dealkylation sites (N-methyl/N-ethyl adjacent to an activating group) is 1. The minimum absolute atomic E-state index is 0.0358. The molecule has 8 heteroatoms. The number of piperazine rings is 1. The van der Waals surface area contributed by atoms with Gasteiger partial charge in [-0.2, -0.15) is 0 Å². The van der Waals surface area contributed by atoms with Crippen molar-refractivity contribution < 1.29 is 18.7 Å². The molecule has 0 unspecified atom stereocenters. The first kappa shape index (κ1) is 25.7. The summed E-state index contributed by atoms with van der Waals surface area (Å²) in [7, 11) is 2.04. The molecule has 0 saturated carbocycles. The van der Waals surface area contributed by atoms with Crippen LogP contribution in [0.3, 0.4) is 0 Å². The Hall–Kier alpha value is -3.91. The Labute approximate surface area is 221 Å². The van der Waals surface area contributed by atoms with Gasteiger partial charge in [0, 0.05) is 53.6 Å². The molecule has 4 aromatic rings. The predicted octanol–water partition coefficient (Wildman–Crippen LogP) is 5.04. The summed E-state index contributed by atoms with van der Waals surface area (Å²) in [4.78, 5) is 32.8. The molecular formula is C30H33FN4O3. The zero-order chi connectivity index (χ0) is 27.0. The number of hydrogen-bond acceptors (Lipinski definition) is 4. The largest absolute Gasteiger partial charge is 0.490 e. The van der Waals surface area contributed by atoms with Crippen molar-refractivity contribution in [2.24, 2.45) is 11.7 Å². The van der Waals surface area contributed by atoms with E-state index in [0.717, 1.165) is 24.9 Å². The van der Waals surface area contributed by atoms with Gasteiger partial charge in [-0.15, -0.1) is 0 Å². The number of aromatic nitrogens is 1. The molecule has 2 amide bonds. The molecule has 5 rings (SSSR count). The van der Waals surface area contributed by atoms with Crippen molar-refractivity contribution in [2.45, 2.75) is 20.3 Å². The van der Waals surface area contributed by atoms with Crippen molar-refractivity contribution in [3.8, 4) is 16.9 Å². The van der Waals surface area contributed by atoms with Crippen molar-refractivity contribution >= 4 is 33.6 Å². The molecule has 0 atom stereocenters. The van der Waals surface area contributed by atoms with Crippen LogP contribution in [-0.4, -0.2) is 66.4 Å². The number of primary amides is 1. The number of halogens is 1. The molecule has 0 radical (unpaired) electrons. The Bertz CT molecular complexity index is 1520. The molecule has 0 aliphatic carbocycles. The van der Waals surface area contributed by atoms with Crippen molar-refractivity contribution in [1.29, 1.82) is 0 Å². The van der Waals surface area contributed by atoms with Gasteiger partial charge in [-0.25, -0.2) is 4.39 Å². The fraction of sp³-hybridized carbons (Fsp3) is 0.333. The van der Waals surface area contributed by atoms with Crippen LogP contribution in [0.25, 0.3) is 32.9 Å². The number of rotatable bonds is 7. The first-order chi connectivity index (χ1) is 18.2. The number of ether oxygens (including phenoxy) is 1. The Balaban J connectivity index is 1.60.